The molecule has 0 saturated heterocycles. The van der Waals surface area contributed by atoms with Crippen molar-refractivity contribution in [1.29, 1.82) is 0 Å². The van der Waals surface area contributed by atoms with E-state index in [1.54, 1.807) is 0 Å². The van der Waals surface area contributed by atoms with E-state index in [1.165, 1.54) is 0 Å². The van der Waals surface area contributed by atoms with Gasteiger partial charge >= 0.3 is 0 Å². The zero-order valence-electron chi connectivity index (χ0n) is 8.50. The van der Waals surface area contributed by atoms with Crippen molar-refractivity contribution in [3.05, 3.63) is 23.8 Å². The summed E-state index contributed by atoms with van der Waals surface area (Å²) in [7, 11) is 0. The highest BCUT2D eigenvalue weighted by molar-refractivity contribution is 5.47. The second kappa shape index (κ2) is 4.17. The number of aryl methyl sites for hydroxylation is 1. The van der Waals surface area contributed by atoms with Gasteiger partial charge in [-0.2, -0.15) is 0 Å². The van der Waals surface area contributed by atoms with Crippen LogP contribution >= 0.6 is 0 Å². The molecule has 0 saturated carbocycles. The van der Waals surface area contributed by atoms with E-state index in [9.17, 15) is 0 Å². The molecule has 1 unspecified atom stereocenters. The van der Waals surface area contributed by atoms with Crippen LogP contribution in [0.25, 0.3) is 0 Å². The topological polar surface area (TPSA) is 35.2 Å². The molecule has 0 aliphatic carbocycles. The number of hydrogen-bond donors (Lipinski definition) is 1. The van der Waals surface area contributed by atoms with E-state index < -0.39 is 0 Å². The average Bonchev–Trinajstić information content (AvgIpc) is 2.02. The molecule has 0 fully saturated rings. The Morgan fingerprint density at radius 1 is 1.38 bits per heavy atom. The van der Waals surface area contributed by atoms with Gasteiger partial charge in [0.2, 0.25) is 0 Å². The van der Waals surface area contributed by atoms with Crippen LogP contribution in [0.4, 0.5) is 5.69 Å². The first-order valence-corrected chi connectivity index (χ1v) is 4.65. The van der Waals surface area contributed by atoms with Gasteiger partial charge in [-0.25, -0.2) is 0 Å². The van der Waals surface area contributed by atoms with Crippen molar-refractivity contribution >= 4 is 5.69 Å². The Morgan fingerprint density at radius 3 is 2.62 bits per heavy atom. The van der Waals surface area contributed by atoms with Crippen LogP contribution in [0.2, 0.25) is 0 Å². The molecule has 72 valence electrons. The molecule has 0 amide bonds. The molecule has 1 atom stereocenters. The number of rotatable bonds is 3. The Kier molecular flexibility index (Phi) is 3.18. The van der Waals surface area contributed by atoms with E-state index in [1.807, 2.05) is 25.1 Å². The highest BCUT2D eigenvalue weighted by Gasteiger charge is 2.01. The first kappa shape index (κ1) is 9.90. The Labute approximate surface area is 79.7 Å². The van der Waals surface area contributed by atoms with Gasteiger partial charge in [-0.15, -0.1) is 0 Å². The SMILES string of the molecule is CCC(C)Oc1cc(C)cc(N)c1. The molecule has 1 aromatic rings. The Bertz CT molecular complexity index is 263. The summed E-state index contributed by atoms with van der Waals surface area (Å²) in [4.78, 5) is 0. The molecule has 1 rings (SSSR count). The summed E-state index contributed by atoms with van der Waals surface area (Å²) in [6.07, 6.45) is 1.26. The number of hydrogen-bond acceptors (Lipinski definition) is 2. The molecule has 0 aromatic heterocycles. The van der Waals surface area contributed by atoms with Gasteiger partial charge in [0.05, 0.1) is 6.10 Å². The van der Waals surface area contributed by atoms with Crippen molar-refractivity contribution in [3.8, 4) is 5.75 Å². The third-order valence-electron chi connectivity index (χ3n) is 1.99. The predicted molar refractivity (Wildman–Crippen MR) is 56.0 cm³/mol. The van der Waals surface area contributed by atoms with Crippen molar-refractivity contribution in [3.63, 3.8) is 0 Å². The maximum atomic E-state index is 5.70. The summed E-state index contributed by atoms with van der Waals surface area (Å²) in [5, 5.41) is 0. The molecule has 2 heteroatoms. The van der Waals surface area contributed by atoms with Crippen LogP contribution in [0.5, 0.6) is 5.75 Å². The van der Waals surface area contributed by atoms with Crippen molar-refractivity contribution in [2.24, 2.45) is 0 Å². The second-order valence-corrected chi connectivity index (χ2v) is 3.42. The fourth-order valence-electron chi connectivity index (χ4n) is 1.16. The van der Waals surface area contributed by atoms with Gasteiger partial charge in [-0.1, -0.05) is 6.92 Å². The van der Waals surface area contributed by atoms with Crippen LogP contribution < -0.4 is 10.5 Å². The molecular weight excluding hydrogens is 162 g/mol. The largest absolute Gasteiger partial charge is 0.491 e. The molecule has 0 radical (unpaired) electrons. The lowest BCUT2D eigenvalue weighted by Crippen LogP contribution is -2.09. The lowest BCUT2D eigenvalue weighted by Gasteiger charge is -2.13. The Balaban J connectivity index is 2.77. The van der Waals surface area contributed by atoms with Gasteiger partial charge in [0.25, 0.3) is 0 Å². The minimum atomic E-state index is 0.251. The first-order valence-electron chi connectivity index (χ1n) is 4.65. The van der Waals surface area contributed by atoms with Crippen LogP contribution in [-0.2, 0) is 0 Å². The summed E-state index contributed by atoms with van der Waals surface area (Å²) in [6, 6.07) is 5.80. The van der Waals surface area contributed by atoms with Crippen molar-refractivity contribution in [2.45, 2.75) is 33.3 Å². The van der Waals surface area contributed by atoms with Gasteiger partial charge in [-0.3, -0.25) is 0 Å². The van der Waals surface area contributed by atoms with Crippen LogP contribution in [0.3, 0.4) is 0 Å². The minimum Gasteiger partial charge on any atom is -0.491 e. The number of nitrogens with two attached hydrogens (primary N) is 1. The van der Waals surface area contributed by atoms with Crippen molar-refractivity contribution in [2.75, 3.05) is 5.73 Å². The Hall–Kier alpha value is -1.18. The number of anilines is 1. The van der Waals surface area contributed by atoms with E-state index >= 15 is 0 Å². The predicted octanol–water partition coefficient (Wildman–Crippen LogP) is 2.75. The number of nitrogen functional groups attached to an aromatic ring is 1. The average molecular weight is 179 g/mol. The van der Waals surface area contributed by atoms with Crippen LogP contribution in [0.15, 0.2) is 18.2 Å². The smallest absolute Gasteiger partial charge is 0.122 e. The normalized spacial score (nSPS) is 12.5. The Morgan fingerprint density at radius 2 is 2.08 bits per heavy atom. The van der Waals surface area contributed by atoms with E-state index in [0.29, 0.717) is 0 Å². The third kappa shape index (κ3) is 2.98. The molecule has 0 aliphatic rings. The minimum absolute atomic E-state index is 0.251. The molecule has 1 aromatic carbocycles. The lowest BCUT2D eigenvalue weighted by molar-refractivity contribution is 0.217. The van der Waals surface area contributed by atoms with Crippen molar-refractivity contribution < 1.29 is 4.74 Å². The van der Waals surface area contributed by atoms with Gasteiger partial charge in [-0.05, 0) is 38.0 Å². The standard InChI is InChI=1S/C11H17NO/c1-4-9(3)13-11-6-8(2)5-10(12)7-11/h5-7,9H,4,12H2,1-3H3. The summed E-state index contributed by atoms with van der Waals surface area (Å²) in [6.45, 7) is 6.17. The molecule has 0 spiro atoms. The van der Waals surface area contributed by atoms with E-state index in [-0.39, 0.29) is 6.10 Å². The third-order valence-corrected chi connectivity index (χ3v) is 1.99. The maximum Gasteiger partial charge on any atom is 0.122 e. The molecule has 0 bridgehead atoms. The second-order valence-electron chi connectivity index (χ2n) is 3.42. The summed E-state index contributed by atoms with van der Waals surface area (Å²) >= 11 is 0. The summed E-state index contributed by atoms with van der Waals surface area (Å²) in [5.74, 6) is 0.867. The zero-order chi connectivity index (χ0) is 9.84. The van der Waals surface area contributed by atoms with Gasteiger partial charge in [0.1, 0.15) is 5.75 Å². The summed E-state index contributed by atoms with van der Waals surface area (Å²) < 4.78 is 5.65. The van der Waals surface area contributed by atoms with Gasteiger partial charge in [0.15, 0.2) is 0 Å². The molecule has 13 heavy (non-hydrogen) atoms. The van der Waals surface area contributed by atoms with E-state index in [0.717, 1.165) is 23.4 Å². The van der Waals surface area contributed by atoms with Crippen LogP contribution in [0.1, 0.15) is 25.8 Å². The lowest BCUT2D eigenvalue weighted by atomic mass is 10.2. The van der Waals surface area contributed by atoms with E-state index in [2.05, 4.69) is 13.8 Å². The molecular formula is C11H17NO. The number of ether oxygens (including phenoxy) is 1. The van der Waals surface area contributed by atoms with E-state index in [4.69, 9.17) is 10.5 Å². The monoisotopic (exact) mass is 179 g/mol. The fraction of sp³-hybridized carbons (Fsp3) is 0.455. The van der Waals surface area contributed by atoms with Crippen LogP contribution in [0, 0.1) is 6.92 Å². The highest BCUT2D eigenvalue weighted by Crippen LogP contribution is 2.19. The summed E-state index contributed by atoms with van der Waals surface area (Å²) in [5.41, 5.74) is 7.60. The van der Waals surface area contributed by atoms with Gasteiger partial charge < -0.3 is 10.5 Å². The van der Waals surface area contributed by atoms with Crippen molar-refractivity contribution in [1.82, 2.24) is 0 Å². The molecule has 2 nitrogen and oxygen atoms in total. The highest BCUT2D eigenvalue weighted by atomic mass is 16.5. The quantitative estimate of drug-likeness (QED) is 0.724. The maximum absolute atomic E-state index is 5.70. The zero-order valence-corrected chi connectivity index (χ0v) is 8.50. The molecule has 0 aliphatic heterocycles. The fourth-order valence-corrected chi connectivity index (χ4v) is 1.16. The molecule has 0 heterocycles. The first-order chi connectivity index (χ1) is 6.11. The molecule has 2 N–H and O–H groups in total. The number of benzene rings is 1. The van der Waals surface area contributed by atoms with Gasteiger partial charge in [0, 0.05) is 11.8 Å². The van der Waals surface area contributed by atoms with Crippen LogP contribution in [-0.4, -0.2) is 6.10 Å².